The molecule has 31 heavy (non-hydrogen) atoms. The Hall–Kier alpha value is -4.06. The third kappa shape index (κ3) is 3.75. The van der Waals surface area contributed by atoms with Gasteiger partial charge in [-0.1, -0.05) is 0 Å². The molecule has 9 nitrogen and oxygen atoms in total. The highest BCUT2D eigenvalue weighted by molar-refractivity contribution is 5.67. The highest BCUT2D eigenvalue weighted by Crippen LogP contribution is 2.32. The van der Waals surface area contributed by atoms with Crippen LogP contribution in [0.3, 0.4) is 0 Å². The molecule has 2 aliphatic rings. The molecule has 0 radical (unpaired) electrons. The molecule has 9 heteroatoms. The second-order valence-electron chi connectivity index (χ2n) is 7.10. The Balaban J connectivity index is 1.35. The van der Waals surface area contributed by atoms with Gasteiger partial charge in [-0.25, -0.2) is 9.78 Å². The molecule has 1 unspecified atom stereocenters. The van der Waals surface area contributed by atoms with Crippen LogP contribution in [0.5, 0.6) is 23.3 Å². The molecule has 0 aliphatic carbocycles. The van der Waals surface area contributed by atoms with E-state index in [1.807, 2.05) is 18.2 Å². The van der Waals surface area contributed by atoms with E-state index in [0.29, 0.717) is 37.0 Å². The molecule has 0 bridgehead atoms. The molecule has 3 aromatic rings. The van der Waals surface area contributed by atoms with Crippen LogP contribution in [0, 0.1) is 11.3 Å². The average molecular weight is 418 g/mol. The van der Waals surface area contributed by atoms with Gasteiger partial charge in [0.15, 0.2) is 18.5 Å². The van der Waals surface area contributed by atoms with Crippen molar-refractivity contribution in [2.75, 3.05) is 19.8 Å². The smallest absolute Gasteiger partial charge is 0.351 e. The van der Waals surface area contributed by atoms with Crippen LogP contribution in [-0.2, 0) is 13.0 Å². The lowest BCUT2D eigenvalue weighted by Gasteiger charge is -2.25. The van der Waals surface area contributed by atoms with Crippen molar-refractivity contribution in [2.24, 2.45) is 0 Å². The highest BCUT2D eigenvalue weighted by atomic mass is 16.6. The van der Waals surface area contributed by atoms with Gasteiger partial charge >= 0.3 is 5.69 Å². The Bertz CT molecular complexity index is 1230. The molecule has 2 aliphatic heterocycles. The third-order valence-corrected chi connectivity index (χ3v) is 5.10. The first-order valence-electron chi connectivity index (χ1n) is 9.83. The number of nitrogens with zero attached hydrogens (tertiary/aromatic N) is 4. The van der Waals surface area contributed by atoms with Crippen molar-refractivity contribution in [1.29, 1.82) is 5.26 Å². The lowest BCUT2D eigenvalue weighted by Crippen LogP contribution is -2.35. The number of rotatable bonds is 5. The summed E-state index contributed by atoms with van der Waals surface area (Å²) < 4.78 is 24.2. The maximum absolute atomic E-state index is 12.6. The Morgan fingerprint density at radius 2 is 2.19 bits per heavy atom. The van der Waals surface area contributed by atoms with Gasteiger partial charge in [0, 0.05) is 24.4 Å². The van der Waals surface area contributed by atoms with E-state index in [1.165, 1.54) is 0 Å². The van der Waals surface area contributed by atoms with Crippen LogP contribution >= 0.6 is 0 Å². The highest BCUT2D eigenvalue weighted by Gasteiger charge is 2.24. The van der Waals surface area contributed by atoms with E-state index < -0.39 is 0 Å². The number of aromatic nitrogens is 3. The summed E-state index contributed by atoms with van der Waals surface area (Å²) in [6, 6.07) is 12.8. The fourth-order valence-corrected chi connectivity index (χ4v) is 3.68. The van der Waals surface area contributed by atoms with E-state index in [0.717, 1.165) is 16.8 Å². The molecule has 4 heterocycles. The number of hydrogen-bond acceptors (Lipinski definition) is 8. The minimum absolute atomic E-state index is 0.00969. The van der Waals surface area contributed by atoms with Crippen molar-refractivity contribution in [2.45, 2.75) is 19.1 Å². The number of hydrogen-bond donors (Lipinski definition) is 0. The van der Waals surface area contributed by atoms with E-state index in [2.05, 4.69) is 9.97 Å². The summed E-state index contributed by atoms with van der Waals surface area (Å²) in [6.45, 7) is 0.976. The van der Waals surface area contributed by atoms with Crippen molar-refractivity contribution in [1.82, 2.24) is 14.5 Å². The maximum atomic E-state index is 12.6. The lowest BCUT2D eigenvalue weighted by atomic mass is 9.97. The van der Waals surface area contributed by atoms with Gasteiger partial charge in [0.2, 0.25) is 5.88 Å². The van der Waals surface area contributed by atoms with Gasteiger partial charge in [-0.2, -0.15) is 10.2 Å². The molecule has 5 rings (SSSR count). The zero-order chi connectivity index (χ0) is 21.2. The zero-order valence-corrected chi connectivity index (χ0v) is 16.5. The van der Waals surface area contributed by atoms with Gasteiger partial charge in [-0.05, 0) is 42.3 Å². The molecule has 1 atom stereocenters. The number of nitriles is 1. The van der Waals surface area contributed by atoms with Crippen LogP contribution in [0.2, 0.25) is 0 Å². The first-order valence-corrected chi connectivity index (χ1v) is 9.83. The van der Waals surface area contributed by atoms with E-state index >= 15 is 0 Å². The van der Waals surface area contributed by atoms with Crippen LogP contribution in [0.1, 0.15) is 5.56 Å². The van der Waals surface area contributed by atoms with E-state index in [-0.39, 0.29) is 30.9 Å². The molecular weight excluding hydrogens is 400 g/mol. The van der Waals surface area contributed by atoms with E-state index in [9.17, 15) is 4.79 Å². The lowest BCUT2D eigenvalue weighted by molar-refractivity contribution is 0.0486. The molecule has 0 fully saturated rings. The molecule has 0 saturated heterocycles. The number of benzene rings is 1. The second-order valence-corrected chi connectivity index (χ2v) is 7.10. The molecule has 0 spiro atoms. The van der Waals surface area contributed by atoms with E-state index in [1.54, 1.807) is 35.0 Å². The zero-order valence-electron chi connectivity index (χ0n) is 16.5. The van der Waals surface area contributed by atoms with Crippen LogP contribution in [0.4, 0.5) is 0 Å². The summed E-state index contributed by atoms with van der Waals surface area (Å²) in [5, 5.41) is 8.70. The normalized spacial score (nSPS) is 15.9. The van der Waals surface area contributed by atoms with Gasteiger partial charge in [0.25, 0.3) is 5.88 Å². The first-order chi connectivity index (χ1) is 15.2. The first kappa shape index (κ1) is 18.9. The maximum Gasteiger partial charge on any atom is 0.351 e. The number of pyridine rings is 1. The summed E-state index contributed by atoms with van der Waals surface area (Å²) in [4.78, 5) is 20.7. The van der Waals surface area contributed by atoms with Crippen molar-refractivity contribution >= 4 is 0 Å². The Morgan fingerprint density at radius 1 is 1.26 bits per heavy atom. The Kier molecular flexibility index (Phi) is 4.88. The summed E-state index contributed by atoms with van der Waals surface area (Å²) in [7, 11) is 0. The van der Waals surface area contributed by atoms with Crippen LogP contribution in [0.15, 0.2) is 47.4 Å². The Labute approximate surface area is 177 Å². The molecule has 156 valence electrons. The predicted octanol–water partition coefficient (Wildman–Crippen LogP) is 1.98. The topological polar surface area (TPSA) is 108 Å². The molecular formula is C22H18N4O5. The number of aryl methyl sites for hydroxylation is 1. The van der Waals surface area contributed by atoms with Crippen molar-refractivity contribution in [3.63, 3.8) is 0 Å². The van der Waals surface area contributed by atoms with Crippen molar-refractivity contribution in [3.8, 4) is 40.6 Å². The van der Waals surface area contributed by atoms with Gasteiger partial charge in [0.05, 0.1) is 5.69 Å². The minimum atomic E-state index is -0.363. The van der Waals surface area contributed by atoms with Crippen LogP contribution in [-0.4, -0.2) is 40.5 Å². The predicted molar refractivity (Wildman–Crippen MR) is 108 cm³/mol. The molecule has 0 saturated carbocycles. The van der Waals surface area contributed by atoms with Crippen molar-refractivity contribution < 1.29 is 18.9 Å². The molecule has 1 aromatic carbocycles. The van der Waals surface area contributed by atoms with Gasteiger partial charge in [0.1, 0.15) is 25.0 Å². The quantitative estimate of drug-likeness (QED) is 0.619. The number of fused-ring (bicyclic) bond motifs is 4. The summed E-state index contributed by atoms with van der Waals surface area (Å²) in [5.74, 6) is 1.88. The monoisotopic (exact) mass is 418 g/mol. The van der Waals surface area contributed by atoms with Gasteiger partial charge < -0.3 is 18.9 Å². The largest absolute Gasteiger partial charge is 0.479 e. The number of ether oxygens (including phenoxy) is 4. The van der Waals surface area contributed by atoms with Gasteiger partial charge in [-0.15, -0.1) is 0 Å². The van der Waals surface area contributed by atoms with Crippen LogP contribution in [0.25, 0.3) is 11.3 Å². The van der Waals surface area contributed by atoms with Crippen molar-refractivity contribution in [3.05, 3.63) is 58.6 Å². The Morgan fingerprint density at radius 3 is 3.10 bits per heavy atom. The third-order valence-electron chi connectivity index (χ3n) is 5.10. The van der Waals surface area contributed by atoms with Crippen LogP contribution < -0.4 is 24.6 Å². The molecule has 0 N–H and O–H groups in total. The van der Waals surface area contributed by atoms with E-state index in [4.69, 9.17) is 24.2 Å². The SMILES string of the molecule is N#CCOc1ccc2c(c1)CCn1c-2cc(OCC2COc3ncccc3O2)nc1=O. The average Bonchev–Trinajstić information content (AvgIpc) is 2.81. The summed E-state index contributed by atoms with van der Waals surface area (Å²) in [5.41, 5.74) is 2.33. The molecule has 2 aromatic heterocycles. The second kappa shape index (κ2) is 7.99. The fourth-order valence-electron chi connectivity index (χ4n) is 3.68. The summed E-state index contributed by atoms with van der Waals surface area (Å²) >= 11 is 0. The fraction of sp³-hybridized carbons (Fsp3) is 0.273. The summed E-state index contributed by atoms with van der Waals surface area (Å²) in [6.07, 6.45) is 1.97. The van der Waals surface area contributed by atoms with Gasteiger partial charge in [-0.3, -0.25) is 4.57 Å². The minimum Gasteiger partial charge on any atom is -0.479 e. The molecule has 0 amide bonds. The standard InChI is InChI=1S/C22H18N4O5/c23-6-9-28-15-3-4-17-14(10-15)5-8-26-18(17)11-20(25-22(26)27)29-12-16-13-30-21-19(31-16)2-1-7-24-21/h1-4,7,10-11,16H,5,8-9,12-13H2.